The molecule has 0 unspecified atom stereocenters. The molecule has 6 nitrogen and oxygen atoms in total. The van der Waals surface area contributed by atoms with E-state index >= 15 is 0 Å². The Labute approximate surface area is 187 Å². The van der Waals surface area contributed by atoms with Gasteiger partial charge in [0, 0.05) is 16.8 Å². The number of ether oxygens (including phenoxy) is 2. The summed E-state index contributed by atoms with van der Waals surface area (Å²) in [5, 5.41) is 3.55. The number of halogens is 2. The van der Waals surface area contributed by atoms with Gasteiger partial charge in [0.15, 0.2) is 11.5 Å². The van der Waals surface area contributed by atoms with Crippen LogP contribution in [0.1, 0.15) is 11.1 Å². The minimum Gasteiger partial charge on any atom is -0.454 e. The minimum atomic E-state index is -0.530. The first-order valence-electron chi connectivity index (χ1n) is 9.74. The van der Waals surface area contributed by atoms with Crippen molar-refractivity contribution in [3.63, 3.8) is 0 Å². The molecule has 0 saturated heterocycles. The lowest BCUT2D eigenvalue weighted by atomic mass is 10.0. The number of benzene rings is 3. The number of aryl methyl sites for hydroxylation is 1. The number of imide groups is 1. The van der Waals surface area contributed by atoms with Gasteiger partial charge in [-0.1, -0.05) is 23.7 Å². The van der Waals surface area contributed by atoms with E-state index in [9.17, 15) is 14.0 Å². The van der Waals surface area contributed by atoms with E-state index in [2.05, 4.69) is 5.32 Å². The largest absolute Gasteiger partial charge is 0.454 e. The Morgan fingerprint density at radius 3 is 2.44 bits per heavy atom. The Morgan fingerprint density at radius 2 is 1.69 bits per heavy atom. The fourth-order valence-corrected chi connectivity index (χ4v) is 3.96. The maximum absolute atomic E-state index is 13.5. The van der Waals surface area contributed by atoms with Crippen molar-refractivity contribution in [1.82, 2.24) is 0 Å². The van der Waals surface area contributed by atoms with Gasteiger partial charge in [-0.15, -0.1) is 0 Å². The van der Waals surface area contributed by atoms with Crippen LogP contribution in [0.2, 0.25) is 5.02 Å². The van der Waals surface area contributed by atoms with Crippen LogP contribution in [0, 0.1) is 12.7 Å². The molecule has 0 bridgehead atoms. The number of nitrogens with zero attached hydrogens (tertiary/aromatic N) is 1. The summed E-state index contributed by atoms with van der Waals surface area (Å²) < 4.78 is 24.2. The fraction of sp³-hybridized carbons (Fsp3) is 0.0833. The molecule has 32 heavy (non-hydrogen) atoms. The Hall–Kier alpha value is -3.84. The van der Waals surface area contributed by atoms with E-state index in [1.165, 1.54) is 24.3 Å². The quantitative estimate of drug-likeness (QED) is 0.572. The van der Waals surface area contributed by atoms with Gasteiger partial charge in [0.2, 0.25) is 6.79 Å². The summed E-state index contributed by atoms with van der Waals surface area (Å²) in [6.45, 7) is 1.88. The highest BCUT2D eigenvalue weighted by atomic mass is 35.5. The molecule has 2 aliphatic heterocycles. The van der Waals surface area contributed by atoms with Gasteiger partial charge in [-0.2, -0.15) is 0 Å². The van der Waals surface area contributed by atoms with E-state index in [1.54, 1.807) is 43.3 Å². The molecule has 8 heteroatoms. The summed E-state index contributed by atoms with van der Waals surface area (Å²) in [5.74, 6) is -0.369. The number of carbonyl (C=O) groups is 2. The summed E-state index contributed by atoms with van der Waals surface area (Å²) in [4.78, 5) is 28.0. The average Bonchev–Trinajstić information content (AvgIpc) is 3.32. The summed E-state index contributed by atoms with van der Waals surface area (Å²) in [5.41, 5.74) is 2.27. The van der Waals surface area contributed by atoms with Gasteiger partial charge in [0.25, 0.3) is 11.8 Å². The molecule has 0 spiro atoms. The van der Waals surface area contributed by atoms with Gasteiger partial charge in [-0.25, -0.2) is 9.29 Å². The molecule has 0 aromatic heterocycles. The molecule has 5 rings (SSSR count). The van der Waals surface area contributed by atoms with Crippen molar-refractivity contribution in [1.29, 1.82) is 0 Å². The zero-order valence-electron chi connectivity index (χ0n) is 16.8. The van der Waals surface area contributed by atoms with E-state index in [-0.39, 0.29) is 18.1 Å². The summed E-state index contributed by atoms with van der Waals surface area (Å²) >= 11 is 6.05. The van der Waals surface area contributed by atoms with Crippen LogP contribution in [-0.2, 0) is 9.59 Å². The van der Waals surface area contributed by atoms with E-state index < -0.39 is 17.6 Å². The van der Waals surface area contributed by atoms with Crippen molar-refractivity contribution in [3.8, 4) is 11.5 Å². The lowest BCUT2D eigenvalue weighted by Gasteiger charge is -2.18. The molecule has 1 N–H and O–H groups in total. The molecule has 2 amide bonds. The zero-order chi connectivity index (χ0) is 22.4. The molecule has 3 aromatic carbocycles. The second kappa shape index (κ2) is 7.69. The monoisotopic (exact) mass is 450 g/mol. The highest BCUT2D eigenvalue weighted by Gasteiger charge is 2.41. The number of hydrogen-bond acceptors (Lipinski definition) is 5. The molecule has 0 aliphatic carbocycles. The zero-order valence-corrected chi connectivity index (χ0v) is 17.6. The van der Waals surface area contributed by atoms with Gasteiger partial charge in [-0.3, -0.25) is 9.59 Å². The molecule has 0 atom stereocenters. The Balaban J connectivity index is 1.61. The number of fused-ring (bicyclic) bond motifs is 1. The lowest BCUT2D eigenvalue weighted by Crippen LogP contribution is -2.33. The summed E-state index contributed by atoms with van der Waals surface area (Å²) in [7, 11) is 0. The average molecular weight is 451 g/mol. The second-order valence-corrected chi connectivity index (χ2v) is 7.76. The standard InChI is InChI=1S/C24H16ClFN2O4/c1-13-10-15(25)4-8-18(13)28-23(29)21(14-2-5-16(26)6-3-14)22(24(28)30)27-17-7-9-19-20(11-17)32-12-31-19/h2-11,27H,12H2,1H3. The third kappa shape index (κ3) is 3.36. The third-order valence-electron chi connectivity index (χ3n) is 5.26. The fourth-order valence-electron chi connectivity index (χ4n) is 3.74. The first kappa shape index (κ1) is 20.1. The minimum absolute atomic E-state index is 0.0785. The number of anilines is 2. The topological polar surface area (TPSA) is 67.9 Å². The van der Waals surface area contributed by atoms with Crippen molar-refractivity contribution >= 4 is 40.4 Å². The molecular weight excluding hydrogens is 435 g/mol. The van der Waals surface area contributed by atoms with Crippen LogP contribution >= 0.6 is 11.6 Å². The van der Waals surface area contributed by atoms with Crippen molar-refractivity contribution in [2.24, 2.45) is 0 Å². The van der Waals surface area contributed by atoms with Gasteiger partial charge in [-0.05, 0) is 60.5 Å². The van der Waals surface area contributed by atoms with Crippen molar-refractivity contribution < 1.29 is 23.5 Å². The van der Waals surface area contributed by atoms with Gasteiger partial charge >= 0.3 is 0 Å². The van der Waals surface area contributed by atoms with Crippen molar-refractivity contribution in [3.05, 3.63) is 88.3 Å². The number of hydrogen-bond donors (Lipinski definition) is 1. The van der Waals surface area contributed by atoms with Crippen LogP contribution in [0.4, 0.5) is 15.8 Å². The normalized spacial score (nSPS) is 15.0. The van der Waals surface area contributed by atoms with Gasteiger partial charge < -0.3 is 14.8 Å². The first-order valence-corrected chi connectivity index (χ1v) is 10.1. The van der Waals surface area contributed by atoms with Crippen LogP contribution in [-0.4, -0.2) is 18.6 Å². The smallest absolute Gasteiger partial charge is 0.282 e. The Morgan fingerprint density at radius 1 is 0.938 bits per heavy atom. The van der Waals surface area contributed by atoms with Crippen LogP contribution in [0.25, 0.3) is 5.57 Å². The maximum Gasteiger partial charge on any atom is 0.282 e. The molecule has 0 fully saturated rings. The van der Waals surface area contributed by atoms with Crippen molar-refractivity contribution in [2.45, 2.75) is 6.92 Å². The highest BCUT2D eigenvalue weighted by Crippen LogP contribution is 2.38. The Bertz CT molecular complexity index is 1300. The molecule has 2 aliphatic rings. The van der Waals surface area contributed by atoms with Crippen LogP contribution in [0.15, 0.2) is 66.4 Å². The molecule has 3 aromatic rings. The van der Waals surface area contributed by atoms with E-state index in [4.69, 9.17) is 21.1 Å². The molecule has 2 heterocycles. The van der Waals surface area contributed by atoms with E-state index in [1.807, 2.05) is 0 Å². The first-order chi connectivity index (χ1) is 15.4. The van der Waals surface area contributed by atoms with E-state index in [0.717, 1.165) is 4.90 Å². The third-order valence-corrected chi connectivity index (χ3v) is 5.49. The predicted molar refractivity (Wildman–Crippen MR) is 118 cm³/mol. The molecule has 0 radical (unpaired) electrons. The molecular formula is C24H16ClFN2O4. The van der Waals surface area contributed by atoms with Crippen LogP contribution in [0.3, 0.4) is 0 Å². The SMILES string of the molecule is Cc1cc(Cl)ccc1N1C(=O)C(Nc2ccc3c(c2)OCO3)=C(c2ccc(F)cc2)C1=O. The van der Waals surface area contributed by atoms with Gasteiger partial charge in [0.1, 0.15) is 11.5 Å². The number of amides is 2. The summed E-state index contributed by atoms with van der Waals surface area (Å²) in [6, 6.07) is 15.5. The number of carbonyl (C=O) groups excluding carboxylic acids is 2. The second-order valence-electron chi connectivity index (χ2n) is 7.33. The van der Waals surface area contributed by atoms with Crippen molar-refractivity contribution in [2.75, 3.05) is 17.0 Å². The van der Waals surface area contributed by atoms with Crippen LogP contribution < -0.4 is 19.7 Å². The Kier molecular flexibility index (Phi) is 4.83. The summed E-state index contributed by atoms with van der Waals surface area (Å²) in [6.07, 6.45) is 0. The lowest BCUT2D eigenvalue weighted by molar-refractivity contribution is -0.120. The van der Waals surface area contributed by atoms with Gasteiger partial charge in [0.05, 0.1) is 11.3 Å². The van der Waals surface area contributed by atoms with Crippen LogP contribution in [0.5, 0.6) is 11.5 Å². The number of nitrogens with one attached hydrogen (secondary N) is 1. The number of rotatable bonds is 4. The molecule has 0 saturated carbocycles. The maximum atomic E-state index is 13.5. The molecule has 160 valence electrons. The van der Waals surface area contributed by atoms with E-state index in [0.29, 0.717) is 39.0 Å². The highest BCUT2D eigenvalue weighted by molar-refractivity contribution is 6.46. The predicted octanol–water partition coefficient (Wildman–Crippen LogP) is 4.91.